The summed E-state index contributed by atoms with van der Waals surface area (Å²) in [4.78, 5) is 37.8. The highest BCUT2D eigenvalue weighted by atomic mass is 35.5. The van der Waals surface area contributed by atoms with Crippen LogP contribution in [-0.2, 0) is 25.4 Å². The van der Waals surface area contributed by atoms with Gasteiger partial charge >= 0.3 is 5.97 Å². The molecule has 0 aliphatic carbocycles. The number of carbonyl (C=O) groups is 2. The summed E-state index contributed by atoms with van der Waals surface area (Å²) >= 11 is 5.91. The first-order valence-corrected chi connectivity index (χ1v) is 13.9. The predicted octanol–water partition coefficient (Wildman–Crippen LogP) is 3.37. The fraction of sp³-hybridized carbons (Fsp3) is 0.435. The molecule has 0 aliphatic rings. The molecule has 3 rings (SSSR count). The number of fused-ring (bicyclic) bond motifs is 1. The van der Waals surface area contributed by atoms with Crippen molar-refractivity contribution < 1.29 is 23.6 Å². The van der Waals surface area contributed by atoms with Crippen LogP contribution in [0.1, 0.15) is 44.5 Å². The molecule has 0 unspecified atom stereocenters. The van der Waals surface area contributed by atoms with E-state index in [-0.39, 0.29) is 18.0 Å². The maximum Gasteiger partial charge on any atom is 0.326 e. The minimum atomic E-state index is -3.84. The number of hydrogen-bond donors (Lipinski definition) is 3. The Balaban J connectivity index is 1.76. The van der Waals surface area contributed by atoms with Crippen molar-refractivity contribution in [3.8, 4) is 0 Å². The first-order valence-electron chi connectivity index (χ1n) is 11.6. The number of benzene rings is 1. The number of hydrogen-bond acceptors (Lipinski definition) is 9. The number of nitrogens with zero attached hydrogens (tertiary/aromatic N) is 4. The molecule has 0 radical (unpaired) electrons. The molecule has 2 aromatic heterocycles. The zero-order valence-corrected chi connectivity index (χ0v) is 22.8. The molecule has 14 heteroatoms. The van der Waals surface area contributed by atoms with E-state index in [2.05, 4.69) is 25.1 Å². The minimum absolute atomic E-state index is 0.214. The fourth-order valence-corrected chi connectivity index (χ4v) is 5.62. The molecule has 0 fully saturated rings. The van der Waals surface area contributed by atoms with Crippen LogP contribution in [-0.4, -0.2) is 56.0 Å². The first-order chi connectivity index (χ1) is 17.4. The average Bonchev–Trinajstić information content (AvgIpc) is 3.25. The summed E-state index contributed by atoms with van der Waals surface area (Å²) in [5.41, 5.74) is 5.70. The molecule has 1 aromatic carbocycles. The molecule has 37 heavy (non-hydrogen) atoms. The molecule has 0 spiro atoms. The third-order valence-corrected chi connectivity index (χ3v) is 7.47. The van der Waals surface area contributed by atoms with Gasteiger partial charge in [0.2, 0.25) is 0 Å². The second-order valence-corrected chi connectivity index (χ2v) is 11.6. The summed E-state index contributed by atoms with van der Waals surface area (Å²) in [7, 11) is -3.84. The molecule has 1 amide bonds. The third kappa shape index (κ3) is 7.48. The SMILES string of the molecule is CCCOC(=O)C(C)(C)N[P@](=O)(CO[C@H](C)Cn1cnc2c(N)ncnc21)NC(=O)c1ccc(Cl)cc1. The number of nitrogens with one attached hydrogen (secondary N) is 2. The number of carbonyl (C=O) groups excluding carboxylic acids is 2. The summed E-state index contributed by atoms with van der Waals surface area (Å²) in [6.07, 6.45) is 2.65. The number of anilines is 1. The molecule has 2 heterocycles. The summed E-state index contributed by atoms with van der Waals surface area (Å²) in [6, 6.07) is 6.10. The monoisotopic (exact) mass is 551 g/mol. The van der Waals surface area contributed by atoms with Gasteiger partial charge in [-0.25, -0.2) is 20.0 Å². The van der Waals surface area contributed by atoms with Gasteiger partial charge < -0.3 is 19.8 Å². The Kier molecular flexibility index (Phi) is 9.25. The number of nitrogens with two attached hydrogens (primary N) is 1. The van der Waals surface area contributed by atoms with Crippen molar-refractivity contribution in [2.45, 2.75) is 52.3 Å². The van der Waals surface area contributed by atoms with Gasteiger partial charge in [-0.2, -0.15) is 0 Å². The van der Waals surface area contributed by atoms with E-state index < -0.39 is 37.3 Å². The quantitative estimate of drug-likeness (QED) is 0.224. The van der Waals surface area contributed by atoms with Gasteiger partial charge in [-0.15, -0.1) is 0 Å². The maximum absolute atomic E-state index is 14.0. The number of ether oxygens (including phenoxy) is 2. The lowest BCUT2D eigenvalue weighted by atomic mass is 10.1. The number of halogens is 1. The Hall–Kier alpha value is -3.05. The van der Waals surface area contributed by atoms with Crippen LogP contribution >= 0.6 is 19.0 Å². The van der Waals surface area contributed by atoms with E-state index in [1.165, 1.54) is 32.3 Å². The zero-order chi connectivity index (χ0) is 27.2. The van der Waals surface area contributed by atoms with Crippen LogP contribution in [0.4, 0.5) is 5.82 Å². The standard InChI is InChI=1S/C23H31ClN7O5P/c1-5-10-35-22(33)23(3,4)30-37(34,29-21(32)16-6-8-17(24)9-7-16)14-36-15(2)11-31-13-28-18-19(25)26-12-27-20(18)31/h6-9,12-13,15H,5,10-11,14H2,1-4H3,(H2,25,26,27)(H2,29,30,32,34)/t15-,37+/m1/s1. The number of aromatic nitrogens is 4. The second kappa shape index (κ2) is 12.0. The van der Waals surface area contributed by atoms with Crippen molar-refractivity contribution in [2.75, 3.05) is 18.7 Å². The van der Waals surface area contributed by atoms with Gasteiger partial charge in [0.15, 0.2) is 11.5 Å². The van der Waals surface area contributed by atoms with E-state index >= 15 is 0 Å². The number of esters is 1. The van der Waals surface area contributed by atoms with Crippen LogP contribution < -0.4 is 15.9 Å². The lowest BCUT2D eigenvalue weighted by molar-refractivity contribution is -0.149. The van der Waals surface area contributed by atoms with E-state index in [1.54, 1.807) is 30.0 Å². The molecule has 4 N–H and O–H groups in total. The Morgan fingerprint density at radius 2 is 1.92 bits per heavy atom. The molecule has 2 atom stereocenters. The molecule has 0 aliphatic heterocycles. The fourth-order valence-electron chi connectivity index (χ4n) is 3.39. The Morgan fingerprint density at radius 1 is 1.22 bits per heavy atom. The van der Waals surface area contributed by atoms with E-state index in [4.69, 9.17) is 26.8 Å². The number of rotatable bonds is 12. The van der Waals surface area contributed by atoms with Gasteiger partial charge in [0, 0.05) is 10.6 Å². The lowest BCUT2D eigenvalue weighted by Gasteiger charge is -2.31. The molecular weight excluding hydrogens is 521 g/mol. The number of imidazole rings is 1. The Morgan fingerprint density at radius 3 is 2.59 bits per heavy atom. The molecule has 200 valence electrons. The highest BCUT2D eigenvalue weighted by Crippen LogP contribution is 2.40. The highest BCUT2D eigenvalue weighted by Gasteiger charge is 2.39. The maximum atomic E-state index is 14.0. The van der Waals surface area contributed by atoms with E-state index in [0.717, 1.165) is 0 Å². The summed E-state index contributed by atoms with van der Waals surface area (Å²) in [5, 5.41) is 5.76. The molecule has 3 aromatic rings. The van der Waals surface area contributed by atoms with Crippen LogP contribution in [0, 0.1) is 0 Å². The van der Waals surface area contributed by atoms with Crippen LogP contribution in [0.2, 0.25) is 5.02 Å². The molecular formula is C23H31ClN7O5P. The van der Waals surface area contributed by atoms with Crippen LogP contribution in [0.15, 0.2) is 36.9 Å². The van der Waals surface area contributed by atoms with E-state index in [1.807, 2.05) is 6.92 Å². The van der Waals surface area contributed by atoms with E-state index in [0.29, 0.717) is 29.2 Å². The lowest BCUT2D eigenvalue weighted by Crippen LogP contribution is -2.49. The van der Waals surface area contributed by atoms with Crippen LogP contribution in [0.5, 0.6) is 0 Å². The first kappa shape index (κ1) is 28.5. The summed E-state index contributed by atoms with van der Waals surface area (Å²) < 4.78 is 26.8. The van der Waals surface area contributed by atoms with E-state index in [9.17, 15) is 14.2 Å². The Bertz CT molecular complexity index is 1300. The normalized spacial score (nSPS) is 14.2. The summed E-state index contributed by atoms with van der Waals surface area (Å²) in [6.45, 7) is 7.20. The van der Waals surface area contributed by atoms with Gasteiger partial charge in [-0.05, 0) is 51.5 Å². The third-order valence-electron chi connectivity index (χ3n) is 5.22. The van der Waals surface area contributed by atoms with Crippen molar-refractivity contribution in [1.29, 1.82) is 0 Å². The molecule has 0 bridgehead atoms. The smallest absolute Gasteiger partial charge is 0.326 e. The van der Waals surface area contributed by atoms with Gasteiger partial charge in [0.1, 0.15) is 23.7 Å². The van der Waals surface area contributed by atoms with Crippen molar-refractivity contribution in [3.05, 3.63) is 47.5 Å². The summed E-state index contributed by atoms with van der Waals surface area (Å²) in [5.74, 6) is -0.965. The number of amides is 1. The van der Waals surface area contributed by atoms with Crippen molar-refractivity contribution in [1.82, 2.24) is 29.7 Å². The van der Waals surface area contributed by atoms with Gasteiger partial charge in [-0.3, -0.25) is 19.2 Å². The molecule has 0 saturated heterocycles. The van der Waals surface area contributed by atoms with Crippen molar-refractivity contribution in [2.24, 2.45) is 0 Å². The van der Waals surface area contributed by atoms with Gasteiger partial charge in [0.05, 0.1) is 25.6 Å². The van der Waals surface area contributed by atoms with Gasteiger partial charge in [-0.1, -0.05) is 18.5 Å². The van der Waals surface area contributed by atoms with Crippen LogP contribution in [0.3, 0.4) is 0 Å². The minimum Gasteiger partial charge on any atom is -0.464 e. The largest absolute Gasteiger partial charge is 0.464 e. The Labute approximate surface area is 219 Å². The van der Waals surface area contributed by atoms with Gasteiger partial charge in [0.25, 0.3) is 13.4 Å². The highest BCUT2D eigenvalue weighted by molar-refractivity contribution is 7.60. The van der Waals surface area contributed by atoms with Crippen LogP contribution in [0.25, 0.3) is 11.2 Å². The van der Waals surface area contributed by atoms with Crippen molar-refractivity contribution in [3.63, 3.8) is 0 Å². The number of nitrogen functional groups attached to an aromatic ring is 1. The predicted molar refractivity (Wildman–Crippen MR) is 140 cm³/mol. The average molecular weight is 552 g/mol. The molecule has 12 nitrogen and oxygen atoms in total. The van der Waals surface area contributed by atoms with Crippen molar-refractivity contribution >= 4 is 47.9 Å². The molecule has 0 saturated carbocycles. The zero-order valence-electron chi connectivity index (χ0n) is 21.1. The topological polar surface area (TPSA) is 163 Å². The second-order valence-electron chi connectivity index (χ2n) is 8.99.